The third kappa shape index (κ3) is 42.6. The van der Waals surface area contributed by atoms with Crippen LogP contribution in [0.1, 0.15) is 232 Å². The van der Waals surface area contributed by atoms with Crippen molar-refractivity contribution < 1.29 is 42.1 Å². The number of phosphoric acid groups is 1. The molecule has 0 aliphatic carbocycles. The number of hydrogen-bond acceptors (Lipinski definition) is 8. The van der Waals surface area contributed by atoms with Gasteiger partial charge >= 0.3 is 11.9 Å². The molecule has 0 fully saturated rings. The molecule has 56 heavy (non-hydrogen) atoms. The van der Waals surface area contributed by atoms with E-state index in [1.807, 2.05) is 21.1 Å². The van der Waals surface area contributed by atoms with Crippen LogP contribution in [0.5, 0.6) is 0 Å². The Labute approximate surface area is 346 Å². The number of unbranched alkanes of at least 4 members (excludes halogenated alkanes) is 30. The van der Waals surface area contributed by atoms with Crippen LogP contribution in [0.25, 0.3) is 0 Å². The average Bonchev–Trinajstić information content (AvgIpc) is 3.15. The summed E-state index contributed by atoms with van der Waals surface area (Å²) in [6.07, 6.45) is 39.8. The van der Waals surface area contributed by atoms with Crippen LogP contribution < -0.4 is 4.89 Å². The second kappa shape index (κ2) is 39.5. The number of ether oxygens (including phenoxy) is 2. The summed E-state index contributed by atoms with van der Waals surface area (Å²) < 4.78 is 34.0. The number of hydrogen-bond donors (Lipinski definition) is 0. The molecule has 0 aromatic rings. The Kier molecular flexibility index (Phi) is 38.8. The lowest BCUT2D eigenvalue weighted by molar-refractivity contribution is -0.870. The Balaban J connectivity index is 4.26. The standard InChI is InChI=1S/C46H92NO8P/c1-6-8-10-12-14-16-18-20-22-24-26-28-30-32-34-36-38-45(48)52-42-44(43-54-56(50,51)53-41-40-47(3,4)5)55-46(49)39-37-35-33-31-29-27-25-23-21-19-17-15-13-11-9-7-2/h44H,6-43H2,1-5H3/t44-/m1/s1. The predicted octanol–water partition coefficient (Wildman–Crippen LogP) is 13.0. The van der Waals surface area contributed by atoms with Gasteiger partial charge in [0.2, 0.25) is 0 Å². The number of esters is 2. The first-order chi connectivity index (χ1) is 27.0. The smallest absolute Gasteiger partial charge is 0.306 e. The largest absolute Gasteiger partial charge is 0.756 e. The maximum atomic E-state index is 12.7. The molecule has 334 valence electrons. The van der Waals surface area contributed by atoms with Gasteiger partial charge in [0.1, 0.15) is 19.8 Å². The van der Waals surface area contributed by atoms with Crippen LogP contribution in [0.3, 0.4) is 0 Å². The van der Waals surface area contributed by atoms with Gasteiger partial charge < -0.3 is 27.9 Å². The Morgan fingerprint density at radius 2 is 0.804 bits per heavy atom. The van der Waals surface area contributed by atoms with E-state index in [1.54, 1.807) is 0 Å². The lowest BCUT2D eigenvalue weighted by Gasteiger charge is -2.28. The molecule has 0 amide bonds. The molecular weight excluding hydrogens is 725 g/mol. The van der Waals surface area contributed by atoms with Crippen molar-refractivity contribution in [3.05, 3.63) is 0 Å². The highest BCUT2D eigenvalue weighted by Crippen LogP contribution is 2.38. The SMILES string of the molecule is CCCCCCCCCCCCCCCCCCC(=O)OC[C@H](COP(=O)([O-])OCC[N+](C)(C)C)OC(=O)CCCCCCCCCCCCCCCCCC. The van der Waals surface area contributed by atoms with Gasteiger partial charge in [-0.3, -0.25) is 14.2 Å². The van der Waals surface area contributed by atoms with Gasteiger partial charge in [0.05, 0.1) is 27.7 Å². The highest BCUT2D eigenvalue weighted by molar-refractivity contribution is 7.45. The molecule has 10 heteroatoms. The van der Waals surface area contributed by atoms with Gasteiger partial charge in [0.25, 0.3) is 7.82 Å². The lowest BCUT2D eigenvalue weighted by Crippen LogP contribution is -2.37. The van der Waals surface area contributed by atoms with Gasteiger partial charge in [0, 0.05) is 12.8 Å². The summed E-state index contributed by atoms with van der Waals surface area (Å²) in [5, 5.41) is 0. The van der Waals surface area contributed by atoms with Crippen molar-refractivity contribution in [1.29, 1.82) is 0 Å². The molecule has 0 radical (unpaired) electrons. The summed E-state index contributed by atoms with van der Waals surface area (Å²) in [5.41, 5.74) is 0. The molecule has 1 unspecified atom stereocenters. The quantitative estimate of drug-likeness (QED) is 0.0259. The highest BCUT2D eigenvalue weighted by Gasteiger charge is 2.21. The van der Waals surface area contributed by atoms with Crippen LogP contribution in [-0.2, 0) is 32.7 Å². The fourth-order valence-corrected chi connectivity index (χ4v) is 7.62. The van der Waals surface area contributed by atoms with Gasteiger partial charge in [-0.2, -0.15) is 0 Å². The van der Waals surface area contributed by atoms with E-state index >= 15 is 0 Å². The van der Waals surface area contributed by atoms with E-state index in [0.717, 1.165) is 32.1 Å². The monoisotopic (exact) mass is 818 g/mol. The van der Waals surface area contributed by atoms with E-state index in [2.05, 4.69) is 13.8 Å². The normalized spacial score (nSPS) is 13.5. The van der Waals surface area contributed by atoms with E-state index in [-0.39, 0.29) is 32.0 Å². The Hall–Kier alpha value is -0.990. The summed E-state index contributed by atoms with van der Waals surface area (Å²) in [7, 11) is 1.18. The topological polar surface area (TPSA) is 111 Å². The fourth-order valence-electron chi connectivity index (χ4n) is 6.89. The number of quaternary nitrogens is 1. The first-order valence-corrected chi connectivity index (χ1v) is 25.2. The number of phosphoric ester groups is 1. The van der Waals surface area contributed by atoms with Crippen LogP contribution in [0.2, 0.25) is 0 Å². The van der Waals surface area contributed by atoms with Crippen LogP contribution >= 0.6 is 7.82 Å². The molecule has 0 aromatic heterocycles. The second-order valence-corrected chi connectivity index (χ2v) is 18.9. The Morgan fingerprint density at radius 3 is 1.14 bits per heavy atom. The molecule has 0 N–H and O–H groups in total. The number of carbonyl (C=O) groups is 2. The molecule has 9 nitrogen and oxygen atoms in total. The van der Waals surface area contributed by atoms with Gasteiger partial charge in [-0.05, 0) is 12.8 Å². The summed E-state index contributed by atoms with van der Waals surface area (Å²) >= 11 is 0. The molecule has 2 atom stereocenters. The molecule has 0 rings (SSSR count). The highest BCUT2D eigenvalue weighted by atomic mass is 31.2. The third-order valence-corrected chi connectivity index (χ3v) is 11.6. The maximum Gasteiger partial charge on any atom is 0.306 e. The van der Waals surface area contributed by atoms with Crippen LogP contribution in [0.15, 0.2) is 0 Å². The molecular formula is C46H92NO8P. The van der Waals surface area contributed by atoms with E-state index in [4.69, 9.17) is 18.5 Å². The van der Waals surface area contributed by atoms with Crippen molar-refractivity contribution in [1.82, 2.24) is 0 Å². The van der Waals surface area contributed by atoms with Crippen molar-refractivity contribution in [2.24, 2.45) is 0 Å². The molecule has 0 bridgehead atoms. The minimum atomic E-state index is -4.62. The summed E-state index contributed by atoms with van der Waals surface area (Å²) in [5.74, 6) is -0.816. The first kappa shape index (κ1) is 55.0. The average molecular weight is 818 g/mol. The summed E-state index contributed by atoms with van der Waals surface area (Å²) in [6, 6.07) is 0. The number of likely N-dealkylation sites (N-methyl/N-ethyl adjacent to an activating group) is 1. The Bertz CT molecular complexity index is 927. The van der Waals surface area contributed by atoms with E-state index in [0.29, 0.717) is 17.4 Å². The molecule has 0 aliphatic rings. The molecule has 0 saturated carbocycles. The van der Waals surface area contributed by atoms with Crippen molar-refractivity contribution in [3.8, 4) is 0 Å². The molecule has 0 saturated heterocycles. The van der Waals surface area contributed by atoms with Crippen LogP contribution in [0.4, 0.5) is 0 Å². The minimum Gasteiger partial charge on any atom is -0.756 e. The lowest BCUT2D eigenvalue weighted by atomic mass is 10.0. The molecule has 0 aliphatic heterocycles. The zero-order chi connectivity index (χ0) is 41.4. The zero-order valence-electron chi connectivity index (χ0n) is 37.6. The van der Waals surface area contributed by atoms with Crippen molar-refractivity contribution >= 4 is 19.8 Å². The van der Waals surface area contributed by atoms with Gasteiger partial charge in [0.15, 0.2) is 6.10 Å². The maximum absolute atomic E-state index is 12.7. The molecule has 0 heterocycles. The first-order valence-electron chi connectivity index (χ1n) is 23.7. The Morgan fingerprint density at radius 1 is 0.482 bits per heavy atom. The van der Waals surface area contributed by atoms with Crippen LogP contribution in [0, 0.1) is 0 Å². The van der Waals surface area contributed by atoms with Crippen LogP contribution in [-0.4, -0.2) is 70.0 Å². The summed E-state index contributed by atoms with van der Waals surface area (Å²) in [6.45, 7) is 4.28. The zero-order valence-corrected chi connectivity index (χ0v) is 38.5. The number of carbonyl (C=O) groups excluding carboxylic acids is 2. The van der Waals surface area contributed by atoms with Crippen molar-refractivity contribution in [3.63, 3.8) is 0 Å². The number of rotatable bonds is 44. The van der Waals surface area contributed by atoms with Crippen molar-refractivity contribution in [2.75, 3.05) is 47.5 Å². The predicted molar refractivity (Wildman–Crippen MR) is 232 cm³/mol. The molecule has 0 aromatic carbocycles. The van der Waals surface area contributed by atoms with Gasteiger partial charge in [-0.25, -0.2) is 0 Å². The van der Waals surface area contributed by atoms with Crippen molar-refractivity contribution in [2.45, 2.75) is 238 Å². The van der Waals surface area contributed by atoms with E-state index < -0.39 is 26.5 Å². The number of nitrogens with zero attached hydrogens (tertiary/aromatic N) is 1. The third-order valence-electron chi connectivity index (χ3n) is 10.6. The molecule has 0 spiro atoms. The minimum absolute atomic E-state index is 0.0255. The van der Waals surface area contributed by atoms with E-state index in [9.17, 15) is 19.0 Å². The van der Waals surface area contributed by atoms with Gasteiger partial charge in [-0.1, -0.05) is 206 Å². The second-order valence-electron chi connectivity index (χ2n) is 17.5. The van der Waals surface area contributed by atoms with E-state index in [1.165, 1.54) is 167 Å². The fraction of sp³-hybridized carbons (Fsp3) is 0.957. The summed E-state index contributed by atoms with van der Waals surface area (Å²) in [4.78, 5) is 37.6. The van der Waals surface area contributed by atoms with Gasteiger partial charge in [-0.15, -0.1) is 0 Å².